The first-order chi connectivity index (χ1) is 13.4. The van der Waals surface area contributed by atoms with Crippen LogP contribution in [0.1, 0.15) is 50.6 Å². The molecular formula is C20H24FN5O2. The molecule has 0 bridgehead atoms. The quantitative estimate of drug-likeness (QED) is 0.729. The molecule has 0 saturated heterocycles. The van der Waals surface area contributed by atoms with Gasteiger partial charge in [0.15, 0.2) is 5.82 Å². The molecule has 1 amide bonds. The van der Waals surface area contributed by atoms with Crippen molar-refractivity contribution in [2.45, 2.75) is 56.6 Å². The standard InChI is InChI=1S/C20H24FN5O2/c21-15-11-24-19(25-14-4-2-12(3-5-14)18(22)27)26-17(15)13-6-9-23-16(10-13)20(28)7-1-8-20/h6,9-12,14,28H,1-5,7-8H2,(H2,22,27)(H,24,25,26). The summed E-state index contributed by atoms with van der Waals surface area (Å²) in [5.41, 5.74) is 5.74. The van der Waals surface area contributed by atoms with Crippen LogP contribution < -0.4 is 11.1 Å². The Bertz CT molecular complexity index is 879. The number of nitrogens with one attached hydrogen (secondary N) is 1. The van der Waals surface area contributed by atoms with Crippen molar-refractivity contribution in [3.8, 4) is 11.3 Å². The number of aromatic nitrogens is 3. The molecule has 0 aromatic carbocycles. The van der Waals surface area contributed by atoms with Gasteiger partial charge >= 0.3 is 0 Å². The first kappa shape index (κ1) is 18.7. The fourth-order valence-corrected chi connectivity index (χ4v) is 3.94. The number of hydrogen-bond acceptors (Lipinski definition) is 6. The van der Waals surface area contributed by atoms with Crippen LogP contribution in [0.3, 0.4) is 0 Å². The molecule has 4 N–H and O–H groups in total. The van der Waals surface area contributed by atoms with Gasteiger partial charge in [0, 0.05) is 23.7 Å². The Balaban J connectivity index is 1.52. The highest BCUT2D eigenvalue weighted by molar-refractivity contribution is 5.76. The van der Waals surface area contributed by atoms with Gasteiger partial charge in [0.05, 0.1) is 11.9 Å². The number of amides is 1. The largest absolute Gasteiger partial charge is 0.384 e. The van der Waals surface area contributed by atoms with Gasteiger partial charge in [-0.3, -0.25) is 9.78 Å². The summed E-state index contributed by atoms with van der Waals surface area (Å²) in [7, 11) is 0. The van der Waals surface area contributed by atoms with Gasteiger partial charge in [-0.05, 0) is 57.1 Å². The van der Waals surface area contributed by atoms with Crippen molar-refractivity contribution in [2.75, 3.05) is 5.32 Å². The molecule has 7 nitrogen and oxygen atoms in total. The summed E-state index contributed by atoms with van der Waals surface area (Å²) in [5.74, 6) is -0.504. The highest BCUT2D eigenvalue weighted by atomic mass is 19.1. The van der Waals surface area contributed by atoms with Crippen LogP contribution in [0.15, 0.2) is 24.5 Å². The molecule has 2 aliphatic rings. The van der Waals surface area contributed by atoms with Crippen LogP contribution in [0.2, 0.25) is 0 Å². The highest BCUT2D eigenvalue weighted by Crippen LogP contribution is 2.41. The second-order valence-electron chi connectivity index (χ2n) is 7.80. The van der Waals surface area contributed by atoms with Crippen molar-refractivity contribution in [2.24, 2.45) is 11.7 Å². The lowest BCUT2D eigenvalue weighted by atomic mass is 9.77. The maximum atomic E-state index is 14.4. The van der Waals surface area contributed by atoms with Gasteiger partial charge < -0.3 is 16.2 Å². The summed E-state index contributed by atoms with van der Waals surface area (Å²) in [5, 5.41) is 13.8. The SMILES string of the molecule is NC(=O)C1CCC(Nc2ncc(F)c(-c3ccnc(C4(O)CCC4)c3)n2)CC1. The van der Waals surface area contributed by atoms with Crippen molar-refractivity contribution >= 4 is 11.9 Å². The van der Waals surface area contributed by atoms with Gasteiger partial charge in [0.25, 0.3) is 0 Å². The predicted octanol–water partition coefficient (Wildman–Crippen LogP) is 2.51. The van der Waals surface area contributed by atoms with Gasteiger partial charge in [0.1, 0.15) is 11.3 Å². The number of primary amides is 1. The lowest BCUT2D eigenvalue weighted by molar-refractivity contribution is -0.122. The van der Waals surface area contributed by atoms with Crippen LogP contribution in [0.25, 0.3) is 11.3 Å². The number of hydrogen-bond donors (Lipinski definition) is 3. The first-order valence-corrected chi connectivity index (χ1v) is 9.72. The maximum absolute atomic E-state index is 14.4. The molecule has 0 aliphatic heterocycles. The summed E-state index contributed by atoms with van der Waals surface area (Å²) in [4.78, 5) is 24.0. The highest BCUT2D eigenvalue weighted by Gasteiger charge is 2.37. The smallest absolute Gasteiger partial charge is 0.223 e. The monoisotopic (exact) mass is 385 g/mol. The van der Waals surface area contributed by atoms with Crippen LogP contribution >= 0.6 is 0 Å². The number of carbonyl (C=O) groups is 1. The zero-order chi connectivity index (χ0) is 19.7. The third-order valence-corrected chi connectivity index (χ3v) is 5.90. The Morgan fingerprint density at radius 1 is 1.25 bits per heavy atom. The number of anilines is 1. The molecule has 2 heterocycles. The molecule has 148 valence electrons. The fourth-order valence-electron chi connectivity index (χ4n) is 3.94. The summed E-state index contributed by atoms with van der Waals surface area (Å²) in [6.45, 7) is 0. The van der Waals surface area contributed by atoms with E-state index in [9.17, 15) is 14.3 Å². The van der Waals surface area contributed by atoms with Crippen molar-refractivity contribution in [3.63, 3.8) is 0 Å². The first-order valence-electron chi connectivity index (χ1n) is 9.72. The van der Waals surface area contributed by atoms with Gasteiger partial charge in [0.2, 0.25) is 11.9 Å². The van der Waals surface area contributed by atoms with Gasteiger partial charge in [-0.15, -0.1) is 0 Å². The zero-order valence-corrected chi connectivity index (χ0v) is 15.6. The van der Waals surface area contributed by atoms with Crippen LogP contribution in [-0.2, 0) is 10.4 Å². The molecule has 2 saturated carbocycles. The maximum Gasteiger partial charge on any atom is 0.223 e. The third kappa shape index (κ3) is 3.69. The third-order valence-electron chi connectivity index (χ3n) is 5.90. The molecule has 4 rings (SSSR count). The predicted molar refractivity (Wildman–Crippen MR) is 102 cm³/mol. The summed E-state index contributed by atoms with van der Waals surface area (Å²) in [6.07, 6.45) is 8.04. The Labute approximate surface area is 162 Å². The molecular weight excluding hydrogens is 361 g/mol. The van der Waals surface area contributed by atoms with Crippen molar-refractivity contribution in [1.82, 2.24) is 15.0 Å². The molecule has 2 aliphatic carbocycles. The van der Waals surface area contributed by atoms with E-state index < -0.39 is 11.4 Å². The molecule has 0 atom stereocenters. The Morgan fingerprint density at radius 3 is 2.64 bits per heavy atom. The number of carbonyl (C=O) groups excluding carboxylic acids is 1. The number of aliphatic hydroxyl groups is 1. The van der Waals surface area contributed by atoms with Crippen LogP contribution in [0.4, 0.5) is 10.3 Å². The average molecular weight is 385 g/mol. The molecule has 2 fully saturated rings. The van der Waals surface area contributed by atoms with E-state index in [-0.39, 0.29) is 23.6 Å². The number of rotatable bonds is 5. The average Bonchev–Trinajstić information content (AvgIpc) is 2.68. The minimum atomic E-state index is -0.917. The van der Waals surface area contributed by atoms with Crippen molar-refractivity contribution in [1.29, 1.82) is 0 Å². The normalized spacial score (nSPS) is 23.6. The number of nitrogens with two attached hydrogens (primary N) is 1. The molecule has 8 heteroatoms. The second kappa shape index (κ2) is 7.43. The van der Waals surface area contributed by atoms with Crippen LogP contribution in [-0.4, -0.2) is 32.0 Å². The Hall–Kier alpha value is -2.61. The molecule has 0 radical (unpaired) electrons. The second-order valence-corrected chi connectivity index (χ2v) is 7.80. The zero-order valence-electron chi connectivity index (χ0n) is 15.6. The topological polar surface area (TPSA) is 114 Å². The Morgan fingerprint density at radius 2 is 2.00 bits per heavy atom. The van der Waals surface area contributed by atoms with E-state index in [1.54, 1.807) is 18.3 Å². The molecule has 0 spiro atoms. The van der Waals surface area contributed by atoms with Crippen molar-refractivity contribution in [3.05, 3.63) is 36.0 Å². The van der Waals surface area contributed by atoms with Gasteiger partial charge in [-0.25, -0.2) is 14.4 Å². The summed E-state index contributed by atoms with van der Waals surface area (Å²) >= 11 is 0. The van der Waals surface area contributed by atoms with E-state index in [4.69, 9.17) is 5.73 Å². The number of nitrogens with zero attached hydrogens (tertiary/aromatic N) is 3. The van der Waals surface area contributed by atoms with Crippen LogP contribution in [0, 0.1) is 11.7 Å². The van der Waals surface area contributed by atoms with E-state index in [1.807, 2.05) is 0 Å². The number of pyridine rings is 1. The molecule has 28 heavy (non-hydrogen) atoms. The fraction of sp³-hybridized carbons (Fsp3) is 0.500. The van der Waals surface area contributed by atoms with E-state index in [0.29, 0.717) is 30.0 Å². The minimum absolute atomic E-state index is 0.0738. The van der Waals surface area contributed by atoms with Crippen molar-refractivity contribution < 1.29 is 14.3 Å². The summed E-state index contributed by atoms with van der Waals surface area (Å²) in [6, 6.07) is 3.50. The van der Waals surface area contributed by atoms with Crippen LogP contribution in [0.5, 0.6) is 0 Å². The molecule has 0 unspecified atom stereocenters. The number of halogens is 1. The van der Waals surface area contributed by atoms with Gasteiger partial charge in [-0.2, -0.15) is 0 Å². The van der Waals surface area contributed by atoms with E-state index in [0.717, 1.165) is 38.3 Å². The van der Waals surface area contributed by atoms with E-state index >= 15 is 0 Å². The van der Waals surface area contributed by atoms with E-state index in [1.165, 1.54) is 0 Å². The molecule has 2 aromatic rings. The van der Waals surface area contributed by atoms with Gasteiger partial charge in [-0.1, -0.05) is 0 Å². The summed E-state index contributed by atoms with van der Waals surface area (Å²) < 4.78 is 14.4. The lowest BCUT2D eigenvalue weighted by Gasteiger charge is -2.36. The minimum Gasteiger partial charge on any atom is -0.384 e. The Kier molecular flexibility index (Phi) is 4.97. The lowest BCUT2D eigenvalue weighted by Crippen LogP contribution is -2.34. The van der Waals surface area contributed by atoms with E-state index in [2.05, 4.69) is 20.3 Å². The molecule has 2 aromatic heterocycles.